The van der Waals surface area contributed by atoms with Crippen molar-refractivity contribution in [2.45, 2.75) is 0 Å². The topological polar surface area (TPSA) is 62.2 Å². The molecule has 0 saturated carbocycles. The third-order valence-corrected chi connectivity index (χ3v) is 2.68. The van der Waals surface area contributed by atoms with Crippen molar-refractivity contribution < 1.29 is 14.6 Å². The van der Waals surface area contributed by atoms with E-state index in [1.54, 1.807) is 18.2 Å². The van der Waals surface area contributed by atoms with E-state index in [-0.39, 0.29) is 11.3 Å². The van der Waals surface area contributed by atoms with E-state index in [1.165, 1.54) is 25.4 Å². The number of carbonyl (C=O) groups excluding carboxylic acids is 1. The van der Waals surface area contributed by atoms with Crippen LogP contribution in [0.2, 0.25) is 5.02 Å². The first-order valence-electron chi connectivity index (χ1n) is 5.63. The molecule has 2 rings (SSSR count). The highest BCUT2D eigenvalue weighted by Gasteiger charge is 2.01. The largest absolute Gasteiger partial charge is 0.545 e. The zero-order valence-electron chi connectivity index (χ0n) is 10.5. The van der Waals surface area contributed by atoms with E-state index in [1.807, 2.05) is 0 Å². The summed E-state index contributed by atoms with van der Waals surface area (Å²) in [5.74, 6) is 4.76. The highest BCUT2D eigenvalue weighted by Crippen LogP contribution is 2.20. The number of hydrogen-bond donors (Lipinski definition) is 0. The molecular formula is C15H9ClNO3-. The zero-order chi connectivity index (χ0) is 14.5. The molecule has 0 aliphatic heterocycles. The van der Waals surface area contributed by atoms with Crippen LogP contribution in [-0.2, 0) is 0 Å². The molecule has 20 heavy (non-hydrogen) atoms. The number of halogens is 1. The van der Waals surface area contributed by atoms with E-state index in [9.17, 15) is 9.90 Å². The molecule has 0 aliphatic rings. The SMILES string of the molecule is COc1cc(Cl)cc(C#Cc2ncccc2C(=O)[O-])c1. The summed E-state index contributed by atoms with van der Waals surface area (Å²) in [5.41, 5.74) is 0.699. The average Bonchev–Trinajstić information content (AvgIpc) is 2.44. The minimum Gasteiger partial charge on any atom is -0.545 e. The summed E-state index contributed by atoms with van der Waals surface area (Å²) in [6, 6.07) is 7.91. The first kappa shape index (κ1) is 13.9. The van der Waals surface area contributed by atoms with Gasteiger partial charge in [-0.1, -0.05) is 17.5 Å². The minimum absolute atomic E-state index is 0.0472. The van der Waals surface area contributed by atoms with Gasteiger partial charge in [0, 0.05) is 22.3 Å². The van der Waals surface area contributed by atoms with Crippen molar-refractivity contribution in [2.75, 3.05) is 7.11 Å². The van der Waals surface area contributed by atoms with Gasteiger partial charge in [-0.2, -0.15) is 0 Å². The molecule has 0 radical (unpaired) electrons. The second kappa shape index (κ2) is 6.09. The van der Waals surface area contributed by atoms with Crippen molar-refractivity contribution in [3.8, 4) is 17.6 Å². The molecule has 0 amide bonds. The number of pyridine rings is 1. The van der Waals surface area contributed by atoms with E-state index in [0.717, 1.165) is 0 Å². The van der Waals surface area contributed by atoms with Gasteiger partial charge in [0.25, 0.3) is 0 Å². The summed E-state index contributed by atoms with van der Waals surface area (Å²) in [7, 11) is 1.52. The van der Waals surface area contributed by atoms with Crippen LogP contribution in [0.4, 0.5) is 0 Å². The lowest BCUT2D eigenvalue weighted by atomic mass is 10.1. The van der Waals surface area contributed by atoms with Gasteiger partial charge in [0.2, 0.25) is 0 Å². The number of carboxylic acids is 1. The fraction of sp³-hybridized carbons (Fsp3) is 0.0667. The molecule has 5 heteroatoms. The zero-order valence-corrected chi connectivity index (χ0v) is 11.3. The van der Waals surface area contributed by atoms with Crippen molar-refractivity contribution in [1.29, 1.82) is 0 Å². The summed E-state index contributed by atoms with van der Waals surface area (Å²) in [5, 5.41) is 11.4. The number of methoxy groups -OCH3 is 1. The maximum Gasteiger partial charge on any atom is 0.122 e. The van der Waals surface area contributed by atoms with Crippen LogP contribution in [0.5, 0.6) is 5.75 Å². The normalized spacial score (nSPS) is 9.50. The molecule has 2 aromatic rings. The van der Waals surface area contributed by atoms with E-state index >= 15 is 0 Å². The Morgan fingerprint density at radius 3 is 2.85 bits per heavy atom. The molecule has 4 nitrogen and oxygen atoms in total. The number of hydrogen-bond acceptors (Lipinski definition) is 4. The number of ether oxygens (including phenoxy) is 1. The Kier molecular flexibility index (Phi) is 4.24. The standard InChI is InChI=1S/C15H10ClNO3/c1-20-12-8-10(7-11(16)9-12)4-5-14-13(15(18)19)3-2-6-17-14/h2-3,6-9H,1H3,(H,18,19)/p-1. The van der Waals surface area contributed by atoms with E-state index in [4.69, 9.17) is 16.3 Å². The molecule has 0 unspecified atom stereocenters. The Morgan fingerprint density at radius 2 is 2.15 bits per heavy atom. The van der Waals surface area contributed by atoms with Crippen LogP contribution in [0.3, 0.4) is 0 Å². The van der Waals surface area contributed by atoms with Crippen molar-refractivity contribution in [1.82, 2.24) is 4.98 Å². The fourth-order valence-corrected chi connectivity index (χ4v) is 1.78. The molecule has 0 aliphatic carbocycles. The summed E-state index contributed by atoms with van der Waals surface area (Å²) in [4.78, 5) is 14.8. The Balaban J connectivity index is 2.41. The second-order valence-corrected chi connectivity index (χ2v) is 4.25. The predicted molar refractivity (Wildman–Crippen MR) is 72.6 cm³/mol. The van der Waals surface area contributed by atoms with Gasteiger partial charge >= 0.3 is 0 Å². The fourth-order valence-electron chi connectivity index (χ4n) is 1.55. The van der Waals surface area contributed by atoms with Gasteiger partial charge < -0.3 is 14.6 Å². The van der Waals surface area contributed by atoms with Gasteiger partial charge in [0.1, 0.15) is 11.4 Å². The van der Waals surface area contributed by atoms with Gasteiger partial charge in [-0.05, 0) is 36.3 Å². The number of aromatic nitrogens is 1. The smallest absolute Gasteiger partial charge is 0.122 e. The highest BCUT2D eigenvalue weighted by molar-refractivity contribution is 6.30. The lowest BCUT2D eigenvalue weighted by Gasteiger charge is -2.03. The van der Waals surface area contributed by atoms with Crippen LogP contribution in [0.15, 0.2) is 36.5 Å². The number of nitrogens with zero attached hydrogens (tertiary/aromatic N) is 1. The predicted octanol–water partition coefficient (Wildman–Crippen LogP) is 1.51. The molecule has 0 fully saturated rings. The van der Waals surface area contributed by atoms with Crippen molar-refractivity contribution >= 4 is 17.6 Å². The van der Waals surface area contributed by atoms with Crippen LogP contribution in [0.1, 0.15) is 21.6 Å². The van der Waals surface area contributed by atoms with Gasteiger partial charge in [-0.3, -0.25) is 0 Å². The molecule has 0 bridgehead atoms. The van der Waals surface area contributed by atoms with E-state index in [2.05, 4.69) is 16.8 Å². The summed E-state index contributed by atoms with van der Waals surface area (Å²) in [6.07, 6.45) is 1.47. The third kappa shape index (κ3) is 3.28. The number of rotatable bonds is 2. The van der Waals surface area contributed by atoms with Crippen LogP contribution < -0.4 is 9.84 Å². The number of carbonyl (C=O) groups is 1. The van der Waals surface area contributed by atoms with Gasteiger partial charge in [-0.15, -0.1) is 0 Å². The Morgan fingerprint density at radius 1 is 1.35 bits per heavy atom. The van der Waals surface area contributed by atoms with E-state index in [0.29, 0.717) is 16.3 Å². The third-order valence-electron chi connectivity index (χ3n) is 2.46. The number of benzene rings is 1. The Bertz CT molecular complexity index is 717. The molecular weight excluding hydrogens is 278 g/mol. The Labute approximate surface area is 121 Å². The molecule has 0 saturated heterocycles. The van der Waals surface area contributed by atoms with Gasteiger partial charge in [-0.25, -0.2) is 4.98 Å². The average molecular weight is 287 g/mol. The lowest BCUT2D eigenvalue weighted by Crippen LogP contribution is -2.23. The summed E-state index contributed by atoms with van der Waals surface area (Å²) >= 11 is 5.92. The van der Waals surface area contributed by atoms with Crippen LogP contribution in [0.25, 0.3) is 0 Å². The maximum atomic E-state index is 10.9. The van der Waals surface area contributed by atoms with Crippen molar-refractivity contribution in [3.63, 3.8) is 0 Å². The molecule has 0 spiro atoms. The van der Waals surface area contributed by atoms with Crippen molar-refractivity contribution in [3.05, 3.63) is 58.4 Å². The monoisotopic (exact) mass is 286 g/mol. The lowest BCUT2D eigenvalue weighted by molar-refractivity contribution is -0.255. The minimum atomic E-state index is -1.31. The summed E-state index contributed by atoms with van der Waals surface area (Å²) < 4.78 is 5.08. The molecule has 0 N–H and O–H groups in total. The number of carboxylic acid groups (broad SMARTS) is 1. The molecule has 0 atom stereocenters. The van der Waals surface area contributed by atoms with E-state index < -0.39 is 5.97 Å². The molecule has 100 valence electrons. The van der Waals surface area contributed by atoms with Gasteiger partial charge in [0.15, 0.2) is 0 Å². The molecule has 1 heterocycles. The molecule has 1 aromatic heterocycles. The number of aromatic carboxylic acids is 1. The first-order chi connectivity index (χ1) is 9.60. The van der Waals surface area contributed by atoms with Gasteiger partial charge in [0.05, 0.1) is 13.1 Å². The van der Waals surface area contributed by atoms with Crippen LogP contribution in [0, 0.1) is 11.8 Å². The Hall–Kier alpha value is -2.51. The van der Waals surface area contributed by atoms with Crippen LogP contribution in [-0.4, -0.2) is 18.1 Å². The quantitative estimate of drug-likeness (QED) is 0.785. The second-order valence-electron chi connectivity index (χ2n) is 3.82. The van der Waals surface area contributed by atoms with Crippen molar-refractivity contribution in [2.24, 2.45) is 0 Å². The first-order valence-corrected chi connectivity index (χ1v) is 6.01. The summed E-state index contributed by atoms with van der Waals surface area (Å²) in [6.45, 7) is 0. The van der Waals surface area contributed by atoms with Crippen LogP contribution >= 0.6 is 11.6 Å². The highest BCUT2D eigenvalue weighted by atomic mass is 35.5. The molecule has 1 aromatic carbocycles. The maximum absolute atomic E-state index is 10.9.